The number of nitrogens with zero attached hydrogens (tertiary/aromatic N) is 6. The van der Waals surface area contributed by atoms with Gasteiger partial charge in [0.25, 0.3) is 11.6 Å². The van der Waals surface area contributed by atoms with Crippen molar-refractivity contribution in [3.05, 3.63) is 60.1 Å². The van der Waals surface area contributed by atoms with Crippen LogP contribution in [-0.4, -0.2) is 29.4 Å². The molecule has 0 saturated heterocycles. The fourth-order valence-electron chi connectivity index (χ4n) is 2.50. The molecule has 27 heavy (non-hydrogen) atoms. The van der Waals surface area contributed by atoms with Crippen LogP contribution in [0.5, 0.6) is 0 Å². The second-order valence-corrected chi connectivity index (χ2v) is 5.68. The van der Waals surface area contributed by atoms with Crippen molar-refractivity contribution in [3.63, 3.8) is 0 Å². The highest BCUT2D eigenvalue weighted by atomic mass is 19.4. The minimum atomic E-state index is -4.69. The monoisotopic (exact) mass is 377 g/mol. The van der Waals surface area contributed by atoms with E-state index in [4.69, 9.17) is 0 Å². The maximum atomic E-state index is 13.9. The Balaban J connectivity index is 1.72. The third kappa shape index (κ3) is 3.18. The van der Waals surface area contributed by atoms with Crippen LogP contribution in [0.3, 0.4) is 0 Å². The molecule has 0 saturated carbocycles. The van der Waals surface area contributed by atoms with E-state index in [0.29, 0.717) is 11.4 Å². The maximum absolute atomic E-state index is 13.9. The van der Waals surface area contributed by atoms with Gasteiger partial charge in [-0.15, -0.1) is 5.10 Å². The van der Waals surface area contributed by atoms with E-state index in [2.05, 4.69) is 25.5 Å². The fourth-order valence-corrected chi connectivity index (χ4v) is 2.50. The number of benzene rings is 1. The zero-order chi connectivity index (χ0) is 19.2. The van der Waals surface area contributed by atoms with E-state index in [9.17, 15) is 17.6 Å². The number of nitrogens with one attached hydrogen (secondary N) is 1. The molecule has 0 unspecified atom stereocenters. The standard InChI is InChI=1S/C16H11F4N7/c1-9-6-13(27-15(22-9)24-14(25-27)16(18,19)20)23-10-7-21-26(8-10)12-5-3-2-4-11(12)17/h2-8,23H,1H3. The summed E-state index contributed by atoms with van der Waals surface area (Å²) in [6, 6.07) is 7.59. The number of aryl methyl sites for hydroxylation is 1. The first-order valence-electron chi connectivity index (χ1n) is 7.69. The lowest BCUT2D eigenvalue weighted by atomic mass is 10.3. The largest absolute Gasteiger partial charge is 0.453 e. The van der Waals surface area contributed by atoms with Crippen LogP contribution in [0.2, 0.25) is 0 Å². The summed E-state index contributed by atoms with van der Waals surface area (Å²) in [5, 5.41) is 10.4. The Hall–Kier alpha value is -3.50. The molecule has 0 amide bonds. The lowest BCUT2D eigenvalue weighted by molar-refractivity contribution is -0.144. The van der Waals surface area contributed by atoms with E-state index >= 15 is 0 Å². The summed E-state index contributed by atoms with van der Waals surface area (Å²) < 4.78 is 54.8. The molecular weight excluding hydrogens is 366 g/mol. The van der Waals surface area contributed by atoms with Crippen molar-refractivity contribution in [1.29, 1.82) is 0 Å². The first kappa shape index (κ1) is 16.9. The predicted octanol–water partition coefficient (Wildman–Crippen LogP) is 3.52. The van der Waals surface area contributed by atoms with E-state index in [1.165, 1.54) is 29.2 Å². The Kier molecular flexibility index (Phi) is 3.79. The first-order valence-corrected chi connectivity index (χ1v) is 7.69. The quantitative estimate of drug-likeness (QED) is 0.553. The minimum Gasteiger partial charge on any atom is -0.337 e. The Morgan fingerprint density at radius 2 is 1.89 bits per heavy atom. The molecular formula is C16H11F4N7. The van der Waals surface area contributed by atoms with Gasteiger partial charge in [0.05, 0.1) is 18.1 Å². The van der Waals surface area contributed by atoms with Gasteiger partial charge < -0.3 is 5.32 Å². The van der Waals surface area contributed by atoms with Crippen molar-refractivity contribution in [2.24, 2.45) is 0 Å². The van der Waals surface area contributed by atoms with Gasteiger partial charge in [-0.25, -0.2) is 14.1 Å². The minimum absolute atomic E-state index is 0.189. The molecule has 0 spiro atoms. The summed E-state index contributed by atoms with van der Waals surface area (Å²) in [4.78, 5) is 7.37. The van der Waals surface area contributed by atoms with Gasteiger partial charge in [-0.1, -0.05) is 12.1 Å². The number of rotatable bonds is 3. The number of fused-ring (bicyclic) bond motifs is 1. The number of hydrogen-bond acceptors (Lipinski definition) is 5. The molecule has 0 aliphatic carbocycles. The van der Waals surface area contributed by atoms with Crippen molar-refractivity contribution >= 4 is 17.3 Å². The van der Waals surface area contributed by atoms with E-state index in [0.717, 1.165) is 4.52 Å². The van der Waals surface area contributed by atoms with Gasteiger partial charge in [-0.05, 0) is 19.1 Å². The SMILES string of the molecule is Cc1cc(Nc2cnn(-c3ccccc3F)c2)n2nc(C(F)(F)F)nc2n1. The highest BCUT2D eigenvalue weighted by molar-refractivity contribution is 5.58. The lowest BCUT2D eigenvalue weighted by Gasteiger charge is -2.06. The molecule has 1 N–H and O–H groups in total. The topological polar surface area (TPSA) is 72.9 Å². The van der Waals surface area contributed by atoms with Crippen LogP contribution in [0.15, 0.2) is 42.7 Å². The van der Waals surface area contributed by atoms with Gasteiger partial charge in [0.15, 0.2) is 0 Å². The average Bonchev–Trinajstić information content (AvgIpc) is 3.22. The van der Waals surface area contributed by atoms with E-state index in [1.807, 2.05) is 0 Å². The highest BCUT2D eigenvalue weighted by Crippen LogP contribution is 2.27. The van der Waals surface area contributed by atoms with E-state index < -0.39 is 17.8 Å². The molecule has 0 aliphatic heterocycles. The van der Waals surface area contributed by atoms with Crippen molar-refractivity contribution in [1.82, 2.24) is 29.4 Å². The third-order valence-corrected chi connectivity index (χ3v) is 3.65. The first-order chi connectivity index (χ1) is 12.8. The van der Waals surface area contributed by atoms with Crippen molar-refractivity contribution in [2.45, 2.75) is 13.1 Å². The number of anilines is 2. The fraction of sp³-hybridized carbons (Fsp3) is 0.125. The predicted molar refractivity (Wildman–Crippen MR) is 87.3 cm³/mol. The number of halogens is 4. The zero-order valence-electron chi connectivity index (χ0n) is 13.7. The highest BCUT2D eigenvalue weighted by Gasteiger charge is 2.36. The van der Waals surface area contributed by atoms with Crippen LogP contribution in [0.1, 0.15) is 11.5 Å². The van der Waals surface area contributed by atoms with Crippen LogP contribution in [0.25, 0.3) is 11.5 Å². The van der Waals surface area contributed by atoms with Crippen molar-refractivity contribution in [3.8, 4) is 5.69 Å². The Morgan fingerprint density at radius 3 is 2.63 bits per heavy atom. The number of aromatic nitrogens is 6. The molecule has 4 aromatic rings. The Labute approximate surface area is 149 Å². The molecule has 138 valence electrons. The van der Waals surface area contributed by atoms with Crippen LogP contribution in [0.4, 0.5) is 29.1 Å². The molecule has 0 aliphatic rings. The number of para-hydroxylation sites is 1. The van der Waals surface area contributed by atoms with E-state index in [-0.39, 0.29) is 17.3 Å². The van der Waals surface area contributed by atoms with Gasteiger partial charge >= 0.3 is 6.18 Å². The van der Waals surface area contributed by atoms with Crippen molar-refractivity contribution < 1.29 is 17.6 Å². The van der Waals surface area contributed by atoms with Gasteiger partial charge in [0.1, 0.15) is 17.3 Å². The summed E-state index contributed by atoms with van der Waals surface area (Å²) in [6.07, 6.45) is -1.77. The lowest BCUT2D eigenvalue weighted by Crippen LogP contribution is -2.08. The normalized spacial score (nSPS) is 11.9. The molecule has 7 nitrogen and oxygen atoms in total. The van der Waals surface area contributed by atoms with Gasteiger partial charge in [-0.2, -0.15) is 27.8 Å². The Bertz CT molecular complexity index is 1130. The molecule has 0 fully saturated rings. The van der Waals surface area contributed by atoms with Gasteiger partial charge in [0.2, 0.25) is 0 Å². The molecule has 1 aromatic carbocycles. The summed E-state index contributed by atoms with van der Waals surface area (Å²) in [7, 11) is 0. The summed E-state index contributed by atoms with van der Waals surface area (Å²) in [5.41, 5.74) is 1.11. The van der Waals surface area contributed by atoms with Crippen LogP contribution < -0.4 is 5.32 Å². The number of hydrogen-bond donors (Lipinski definition) is 1. The second-order valence-electron chi connectivity index (χ2n) is 5.68. The molecule has 3 heterocycles. The molecule has 3 aromatic heterocycles. The second kappa shape index (κ2) is 6.04. The van der Waals surface area contributed by atoms with Gasteiger partial charge in [0, 0.05) is 11.8 Å². The average molecular weight is 377 g/mol. The number of alkyl halides is 3. The summed E-state index contributed by atoms with van der Waals surface area (Å²) in [6.45, 7) is 1.62. The third-order valence-electron chi connectivity index (χ3n) is 3.65. The maximum Gasteiger partial charge on any atom is 0.453 e. The molecule has 0 bridgehead atoms. The molecule has 4 rings (SSSR count). The Morgan fingerprint density at radius 1 is 1.11 bits per heavy atom. The zero-order valence-corrected chi connectivity index (χ0v) is 13.7. The van der Waals surface area contributed by atoms with Gasteiger partial charge in [-0.3, -0.25) is 0 Å². The molecule has 11 heteroatoms. The van der Waals surface area contributed by atoms with E-state index in [1.54, 1.807) is 25.1 Å². The van der Waals surface area contributed by atoms with Crippen molar-refractivity contribution in [2.75, 3.05) is 5.32 Å². The van der Waals surface area contributed by atoms with Crippen LogP contribution >= 0.6 is 0 Å². The summed E-state index contributed by atoms with van der Waals surface area (Å²) >= 11 is 0. The van der Waals surface area contributed by atoms with Crippen LogP contribution in [0, 0.1) is 12.7 Å². The molecule has 0 atom stereocenters. The summed E-state index contributed by atoms with van der Waals surface area (Å²) in [5.74, 6) is -1.72. The van der Waals surface area contributed by atoms with Crippen LogP contribution in [-0.2, 0) is 6.18 Å². The smallest absolute Gasteiger partial charge is 0.337 e. The molecule has 0 radical (unpaired) electrons.